The second-order valence-electron chi connectivity index (χ2n) is 5.76. The maximum absolute atomic E-state index is 12.9. The van der Waals surface area contributed by atoms with Gasteiger partial charge < -0.3 is 28.7 Å². The van der Waals surface area contributed by atoms with Crippen LogP contribution in [0.15, 0.2) is 0 Å². The lowest BCUT2D eigenvalue weighted by molar-refractivity contribution is 0.0127. The number of piperazine rings is 1. The quantitative estimate of drug-likeness (QED) is 0.372. The number of aliphatic hydroxyl groups is 1. The average molecular weight is 397 g/mol. The van der Waals surface area contributed by atoms with E-state index in [0.717, 1.165) is 0 Å². The van der Waals surface area contributed by atoms with Crippen LogP contribution < -0.4 is 0 Å². The minimum Gasteiger partial charge on any atom is -0.447 e. The van der Waals surface area contributed by atoms with Crippen LogP contribution in [0.4, 0.5) is 4.79 Å². The summed E-state index contributed by atoms with van der Waals surface area (Å²) in [5.74, 6) is 0. The number of rotatable bonds is 12. The average Bonchev–Trinajstić information content (AvgIpc) is 2.63. The van der Waals surface area contributed by atoms with Gasteiger partial charge in [0.1, 0.15) is 6.61 Å². The molecule has 1 heterocycles. The van der Waals surface area contributed by atoms with Gasteiger partial charge in [-0.1, -0.05) is 0 Å². The standard InChI is InChI=1S/C15H32N3O7P/c1-4-25-26(21,16(2)3)18-7-5-17(6-8-18)15(20)24-14-13-23-12-11-22-10-9-19/h19H,4-14H2,1-3H3. The Hall–Kier alpha value is -0.740. The molecule has 0 aliphatic carbocycles. The molecule has 1 saturated heterocycles. The summed E-state index contributed by atoms with van der Waals surface area (Å²) in [6.45, 7) is 5.45. The first-order chi connectivity index (χ1) is 12.5. The Morgan fingerprint density at radius 3 is 2.15 bits per heavy atom. The molecule has 0 spiro atoms. The van der Waals surface area contributed by atoms with Gasteiger partial charge in [0.05, 0.1) is 39.6 Å². The van der Waals surface area contributed by atoms with Crippen LogP contribution in [0, 0.1) is 0 Å². The zero-order valence-electron chi connectivity index (χ0n) is 16.0. The van der Waals surface area contributed by atoms with Gasteiger partial charge in [-0.05, 0) is 21.0 Å². The zero-order chi connectivity index (χ0) is 19.4. The summed E-state index contributed by atoms with van der Waals surface area (Å²) in [6.07, 6.45) is -0.402. The molecule has 0 saturated carbocycles. The molecular formula is C15H32N3O7P. The van der Waals surface area contributed by atoms with Crippen molar-refractivity contribution < 1.29 is 33.2 Å². The van der Waals surface area contributed by atoms with E-state index in [-0.39, 0.29) is 26.4 Å². The lowest BCUT2D eigenvalue weighted by Gasteiger charge is -2.39. The molecule has 0 aromatic rings. The van der Waals surface area contributed by atoms with E-state index in [2.05, 4.69) is 0 Å². The molecule has 1 aliphatic heterocycles. The molecule has 1 fully saturated rings. The second-order valence-corrected chi connectivity index (χ2v) is 8.36. The van der Waals surface area contributed by atoms with Gasteiger partial charge in [0.15, 0.2) is 0 Å². The van der Waals surface area contributed by atoms with Crippen LogP contribution in [0.3, 0.4) is 0 Å². The predicted molar refractivity (Wildman–Crippen MR) is 96.1 cm³/mol. The summed E-state index contributed by atoms with van der Waals surface area (Å²) in [7, 11) is 0.431. The van der Waals surface area contributed by atoms with E-state index in [1.54, 1.807) is 28.3 Å². The fourth-order valence-corrected chi connectivity index (χ4v) is 4.34. The zero-order valence-corrected chi connectivity index (χ0v) is 16.9. The number of nitrogens with zero attached hydrogens (tertiary/aromatic N) is 3. The van der Waals surface area contributed by atoms with Crippen molar-refractivity contribution in [2.45, 2.75) is 6.92 Å². The molecular weight excluding hydrogens is 365 g/mol. The molecule has 10 nitrogen and oxygen atoms in total. The minimum absolute atomic E-state index is 0.0144. The highest BCUT2D eigenvalue weighted by atomic mass is 31.2. The number of ether oxygens (including phenoxy) is 3. The van der Waals surface area contributed by atoms with E-state index in [9.17, 15) is 9.36 Å². The van der Waals surface area contributed by atoms with Crippen molar-refractivity contribution in [3.8, 4) is 0 Å². The van der Waals surface area contributed by atoms with Crippen LogP contribution in [0.2, 0.25) is 0 Å². The molecule has 1 rings (SSSR count). The van der Waals surface area contributed by atoms with E-state index in [1.165, 1.54) is 0 Å². The monoisotopic (exact) mass is 397 g/mol. The summed E-state index contributed by atoms with van der Waals surface area (Å²) < 4.78 is 37.3. The van der Waals surface area contributed by atoms with Gasteiger partial charge in [0.25, 0.3) is 0 Å². The molecule has 1 atom stereocenters. The van der Waals surface area contributed by atoms with Gasteiger partial charge in [-0.15, -0.1) is 0 Å². The molecule has 1 aliphatic rings. The first-order valence-corrected chi connectivity index (χ1v) is 10.3. The van der Waals surface area contributed by atoms with Crippen molar-refractivity contribution >= 4 is 13.8 Å². The van der Waals surface area contributed by atoms with Crippen molar-refractivity contribution in [2.75, 3.05) is 86.5 Å². The smallest absolute Gasteiger partial charge is 0.409 e. The van der Waals surface area contributed by atoms with E-state index in [0.29, 0.717) is 46.0 Å². The molecule has 0 aromatic carbocycles. The summed E-state index contributed by atoms with van der Waals surface area (Å²) >= 11 is 0. The first kappa shape index (κ1) is 23.3. The highest BCUT2D eigenvalue weighted by Crippen LogP contribution is 2.52. The Kier molecular flexibility index (Phi) is 11.3. The summed E-state index contributed by atoms with van der Waals surface area (Å²) in [5, 5.41) is 8.55. The van der Waals surface area contributed by atoms with Crippen molar-refractivity contribution in [2.24, 2.45) is 0 Å². The van der Waals surface area contributed by atoms with Crippen LogP contribution >= 0.6 is 7.67 Å². The van der Waals surface area contributed by atoms with E-state index < -0.39 is 13.8 Å². The van der Waals surface area contributed by atoms with Crippen LogP contribution in [0.25, 0.3) is 0 Å². The molecule has 0 bridgehead atoms. The third-order valence-electron chi connectivity index (χ3n) is 3.74. The Bertz CT molecular complexity index is 445. The molecule has 1 amide bonds. The van der Waals surface area contributed by atoms with Crippen molar-refractivity contribution in [1.82, 2.24) is 14.2 Å². The van der Waals surface area contributed by atoms with Gasteiger partial charge in [-0.3, -0.25) is 4.57 Å². The Labute approximate surface area is 155 Å². The molecule has 0 radical (unpaired) electrons. The summed E-state index contributed by atoms with van der Waals surface area (Å²) in [6, 6.07) is 0. The lowest BCUT2D eigenvalue weighted by Crippen LogP contribution is -2.49. The van der Waals surface area contributed by atoms with Gasteiger partial charge in [-0.25, -0.2) is 14.1 Å². The van der Waals surface area contributed by atoms with Gasteiger partial charge >= 0.3 is 13.8 Å². The van der Waals surface area contributed by atoms with Crippen molar-refractivity contribution in [1.29, 1.82) is 0 Å². The normalized spacial score (nSPS) is 18.1. The fourth-order valence-electron chi connectivity index (χ4n) is 2.42. The summed E-state index contributed by atoms with van der Waals surface area (Å²) in [5.41, 5.74) is 0. The molecule has 1 unspecified atom stereocenters. The molecule has 154 valence electrons. The van der Waals surface area contributed by atoms with Crippen molar-refractivity contribution in [3.05, 3.63) is 0 Å². The summed E-state index contributed by atoms with van der Waals surface area (Å²) in [4.78, 5) is 13.6. The number of hydrogen-bond acceptors (Lipinski definition) is 7. The van der Waals surface area contributed by atoms with Crippen LogP contribution in [0.1, 0.15) is 6.92 Å². The number of carbonyl (C=O) groups excluding carboxylic acids is 1. The molecule has 1 N–H and O–H groups in total. The third-order valence-corrected chi connectivity index (χ3v) is 6.46. The SMILES string of the molecule is CCOP(=O)(N(C)C)N1CCN(C(=O)OCCOCCOCCO)CC1. The van der Waals surface area contributed by atoms with Crippen LogP contribution in [0.5, 0.6) is 0 Å². The fraction of sp³-hybridized carbons (Fsp3) is 0.933. The number of amides is 1. The topological polar surface area (TPSA) is 101 Å². The van der Waals surface area contributed by atoms with E-state index in [1.807, 2.05) is 6.92 Å². The molecule has 26 heavy (non-hydrogen) atoms. The van der Waals surface area contributed by atoms with Gasteiger partial charge in [-0.2, -0.15) is 0 Å². The second kappa shape index (κ2) is 12.6. The maximum Gasteiger partial charge on any atom is 0.409 e. The minimum atomic E-state index is -3.03. The molecule has 11 heteroatoms. The Morgan fingerprint density at radius 1 is 1.04 bits per heavy atom. The Morgan fingerprint density at radius 2 is 1.62 bits per heavy atom. The predicted octanol–water partition coefficient (Wildman–Crippen LogP) is 0.472. The third kappa shape index (κ3) is 7.48. The number of aliphatic hydroxyl groups excluding tert-OH is 1. The van der Waals surface area contributed by atoms with Crippen molar-refractivity contribution in [3.63, 3.8) is 0 Å². The van der Waals surface area contributed by atoms with Gasteiger partial charge in [0.2, 0.25) is 0 Å². The van der Waals surface area contributed by atoms with E-state index >= 15 is 0 Å². The molecule has 0 aromatic heterocycles. The lowest BCUT2D eigenvalue weighted by atomic mass is 10.4. The van der Waals surface area contributed by atoms with Gasteiger partial charge in [0, 0.05) is 26.2 Å². The van der Waals surface area contributed by atoms with E-state index in [4.69, 9.17) is 23.8 Å². The highest BCUT2D eigenvalue weighted by molar-refractivity contribution is 7.53. The maximum atomic E-state index is 12.9. The van der Waals surface area contributed by atoms with Crippen LogP contribution in [-0.4, -0.2) is 112 Å². The highest BCUT2D eigenvalue weighted by Gasteiger charge is 2.37. The number of carbonyl (C=O) groups is 1. The largest absolute Gasteiger partial charge is 0.447 e. The number of hydrogen-bond donors (Lipinski definition) is 1. The first-order valence-electron chi connectivity index (χ1n) is 8.81. The Balaban J connectivity index is 2.24. The van der Waals surface area contributed by atoms with Crippen LogP contribution in [-0.2, 0) is 23.3 Å².